The molecular formula is C18H28N2O3. The lowest BCUT2D eigenvalue weighted by molar-refractivity contribution is -0.131. The zero-order valence-corrected chi connectivity index (χ0v) is 14.1. The molecule has 0 saturated carbocycles. The zero-order chi connectivity index (χ0) is 16.3. The highest BCUT2D eigenvalue weighted by atomic mass is 16.5. The van der Waals surface area contributed by atoms with Gasteiger partial charge in [-0.05, 0) is 43.5 Å². The molecule has 0 atom stereocenters. The highest BCUT2D eigenvalue weighted by Gasteiger charge is 2.14. The Hall–Kier alpha value is -1.59. The fourth-order valence-electron chi connectivity index (χ4n) is 2.64. The van der Waals surface area contributed by atoms with Crippen LogP contribution < -0.4 is 10.1 Å². The number of nitrogens with zero attached hydrogens (tertiary/aromatic N) is 1. The number of nitrogens with one attached hydrogen (secondary N) is 1. The first-order valence-electron chi connectivity index (χ1n) is 8.49. The number of benzene rings is 1. The molecule has 5 heteroatoms. The molecule has 1 aliphatic rings. The van der Waals surface area contributed by atoms with Crippen LogP contribution in [0.5, 0.6) is 5.75 Å². The van der Waals surface area contributed by atoms with Crippen LogP contribution in [0.3, 0.4) is 0 Å². The summed E-state index contributed by atoms with van der Waals surface area (Å²) in [6, 6.07) is 8.08. The summed E-state index contributed by atoms with van der Waals surface area (Å²) >= 11 is 0. The average Bonchev–Trinajstić information content (AvgIpc) is 2.87. The van der Waals surface area contributed by atoms with Gasteiger partial charge >= 0.3 is 0 Å². The van der Waals surface area contributed by atoms with Crippen LogP contribution in [-0.4, -0.2) is 57.3 Å². The number of methoxy groups -OCH3 is 1. The van der Waals surface area contributed by atoms with Crippen LogP contribution in [0.1, 0.15) is 24.8 Å². The van der Waals surface area contributed by atoms with Crippen LogP contribution in [0.25, 0.3) is 0 Å². The Bertz CT molecular complexity index is 454. The van der Waals surface area contributed by atoms with Crippen LogP contribution in [0.4, 0.5) is 0 Å². The van der Waals surface area contributed by atoms with Gasteiger partial charge in [0.15, 0.2) is 0 Å². The maximum Gasteiger partial charge on any atom is 0.222 e. The second-order valence-corrected chi connectivity index (χ2v) is 5.82. The molecule has 0 unspecified atom stereocenters. The first kappa shape index (κ1) is 17.8. The van der Waals surface area contributed by atoms with Crippen LogP contribution in [0.2, 0.25) is 0 Å². The van der Waals surface area contributed by atoms with Crippen LogP contribution in [-0.2, 0) is 16.0 Å². The predicted molar refractivity (Wildman–Crippen MR) is 90.8 cm³/mol. The van der Waals surface area contributed by atoms with Gasteiger partial charge in [-0.2, -0.15) is 0 Å². The molecule has 2 rings (SSSR count). The lowest BCUT2D eigenvalue weighted by Crippen LogP contribution is -2.34. The van der Waals surface area contributed by atoms with Gasteiger partial charge in [-0.15, -0.1) is 0 Å². The van der Waals surface area contributed by atoms with Crippen molar-refractivity contribution in [1.82, 2.24) is 10.2 Å². The normalized spacial score (nSPS) is 15.3. The molecule has 0 bridgehead atoms. The highest BCUT2D eigenvalue weighted by Crippen LogP contribution is 2.13. The summed E-state index contributed by atoms with van der Waals surface area (Å²) in [6.45, 7) is 4.91. The van der Waals surface area contributed by atoms with Crippen molar-refractivity contribution in [3.8, 4) is 5.75 Å². The Morgan fingerprint density at radius 1 is 1.17 bits per heavy atom. The Labute approximate surface area is 139 Å². The van der Waals surface area contributed by atoms with E-state index in [1.807, 2.05) is 17.0 Å². The molecule has 23 heavy (non-hydrogen) atoms. The second-order valence-electron chi connectivity index (χ2n) is 5.82. The van der Waals surface area contributed by atoms with Crippen molar-refractivity contribution in [1.29, 1.82) is 0 Å². The van der Waals surface area contributed by atoms with E-state index in [0.29, 0.717) is 13.0 Å². The van der Waals surface area contributed by atoms with E-state index in [4.69, 9.17) is 9.47 Å². The van der Waals surface area contributed by atoms with Gasteiger partial charge in [-0.1, -0.05) is 12.1 Å². The van der Waals surface area contributed by atoms with Crippen LogP contribution in [0, 0.1) is 0 Å². The molecule has 0 aliphatic carbocycles. The van der Waals surface area contributed by atoms with E-state index in [2.05, 4.69) is 17.4 Å². The molecule has 1 N–H and O–H groups in total. The van der Waals surface area contributed by atoms with Crippen molar-refractivity contribution in [2.45, 2.75) is 25.7 Å². The Morgan fingerprint density at radius 2 is 2.00 bits per heavy atom. The van der Waals surface area contributed by atoms with Gasteiger partial charge in [0, 0.05) is 33.2 Å². The van der Waals surface area contributed by atoms with E-state index >= 15 is 0 Å². The third-order valence-corrected chi connectivity index (χ3v) is 4.01. The van der Waals surface area contributed by atoms with Crippen molar-refractivity contribution in [2.24, 2.45) is 0 Å². The number of carbonyl (C=O) groups is 1. The summed E-state index contributed by atoms with van der Waals surface area (Å²) < 4.78 is 10.8. The fourth-order valence-corrected chi connectivity index (χ4v) is 2.64. The highest BCUT2D eigenvalue weighted by molar-refractivity contribution is 5.76. The van der Waals surface area contributed by atoms with Gasteiger partial charge in [0.25, 0.3) is 0 Å². The number of hydrogen-bond donors (Lipinski definition) is 1. The summed E-state index contributed by atoms with van der Waals surface area (Å²) in [6.07, 6.45) is 3.27. The van der Waals surface area contributed by atoms with Gasteiger partial charge in [0.2, 0.25) is 5.91 Å². The number of ether oxygens (including phenoxy) is 2. The average molecular weight is 320 g/mol. The van der Waals surface area contributed by atoms with Crippen molar-refractivity contribution < 1.29 is 14.3 Å². The molecule has 0 aromatic heterocycles. The number of hydrogen-bond acceptors (Lipinski definition) is 4. The van der Waals surface area contributed by atoms with E-state index in [1.54, 1.807) is 7.11 Å². The minimum absolute atomic E-state index is 0.243. The van der Waals surface area contributed by atoms with Gasteiger partial charge in [-0.3, -0.25) is 4.79 Å². The van der Waals surface area contributed by atoms with Crippen molar-refractivity contribution in [2.75, 3.05) is 46.5 Å². The Morgan fingerprint density at radius 3 is 2.78 bits per heavy atom. The van der Waals surface area contributed by atoms with Gasteiger partial charge in [0.1, 0.15) is 5.75 Å². The summed E-state index contributed by atoms with van der Waals surface area (Å²) in [5, 5.41) is 3.31. The van der Waals surface area contributed by atoms with Gasteiger partial charge in [0.05, 0.1) is 13.2 Å². The molecule has 0 spiro atoms. The van der Waals surface area contributed by atoms with E-state index in [1.165, 1.54) is 5.56 Å². The van der Waals surface area contributed by atoms with Gasteiger partial charge in [-0.25, -0.2) is 0 Å². The molecule has 1 amide bonds. The molecule has 1 aromatic carbocycles. The first-order chi connectivity index (χ1) is 11.3. The molecule has 1 heterocycles. The Balaban J connectivity index is 1.63. The first-order valence-corrected chi connectivity index (χ1v) is 8.49. The van der Waals surface area contributed by atoms with E-state index in [0.717, 1.165) is 57.8 Å². The fraction of sp³-hybridized carbons (Fsp3) is 0.611. The second kappa shape index (κ2) is 10.2. The maximum absolute atomic E-state index is 12.1. The topological polar surface area (TPSA) is 50.8 Å². The number of rotatable bonds is 8. The summed E-state index contributed by atoms with van der Waals surface area (Å²) in [5.74, 6) is 1.10. The lowest BCUT2D eigenvalue weighted by Gasteiger charge is -2.19. The van der Waals surface area contributed by atoms with Crippen molar-refractivity contribution in [3.05, 3.63) is 29.8 Å². The van der Waals surface area contributed by atoms with E-state index in [9.17, 15) is 4.79 Å². The minimum atomic E-state index is 0.243. The molecule has 1 saturated heterocycles. The third-order valence-electron chi connectivity index (χ3n) is 4.01. The van der Waals surface area contributed by atoms with Crippen molar-refractivity contribution in [3.63, 3.8) is 0 Å². The van der Waals surface area contributed by atoms with Crippen LogP contribution in [0.15, 0.2) is 24.3 Å². The molecule has 0 radical (unpaired) electrons. The molecule has 5 nitrogen and oxygen atoms in total. The molecule has 1 fully saturated rings. The quantitative estimate of drug-likeness (QED) is 0.743. The predicted octanol–water partition coefficient (Wildman–Crippen LogP) is 1.86. The monoisotopic (exact) mass is 320 g/mol. The van der Waals surface area contributed by atoms with Crippen molar-refractivity contribution >= 4 is 5.91 Å². The summed E-state index contributed by atoms with van der Waals surface area (Å²) in [4.78, 5) is 14.1. The molecule has 1 aliphatic heterocycles. The SMILES string of the molecule is COCCc1ccc(OCCCC(=O)N2CCCNCC2)cc1. The Kier molecular flexibility index (Phi) is 7.90. The lowest BCUT2D eigenvalue weighted by atomic mass is 10.1. The van der Waals surface area contributed by atoms with Crippen LogP contribution >= 0.6 is 0 Å². The largest absolute Gasteiger partial charge is 0.494 e. The smallest absolute Gasteiger partial charge is 0.222 e. The standard InChI is InChI=1S/C18H28N2O3/c1-22-15-9-16-5-7-17(8-6-16)23-14-2-4-18(21)20-12-3-10-19-11-13-20/h5-8,19H,2-4,9-15H2,1H3. The van der Waals surface area contributed by atoms with Gasteiger partial charge < -0.3 is 19.7 Å². The van der Waals surface area contributed by atoms with E-state index < -0.39 is 0 Å². The number of carbonyl (C=O) groups excluding carboxylic acids is 1. The number of amides is 1. The molecule has 1 aromatic rings. The molecule has 128 valence electrons. The minimum Gasteiger partial charge on any atom is -0.494 e. The summed E-state index contributed by atoms with van der Waals surface area (Å²) in [7, 11) is 1.71. The summed E-state index contributed by atoms with van der Waals surface area (Å²) in [5.41, 5.74) is 1.24. The molecular weight excluding hydrogens is 292 g/mol. The third kappa shape index (κ3) is 6.59. The maximum atomic E-state index is 12.1. The zero-order valence-electron chi connectivity index (χ0n) is 14.1. The van der Waals surface area contributed by atoms with E-state index in [-0.39, 0.29) is 5.91 Å².